The highest BCUT2D eigenvalue weighted by Crippen LogP contribution is 2.38. The number of aromatic nitrogens is 6. The molecule has 8 nitrogen and oxygen atoms in total. The van der Waals surface area contributed by atoms with Crippen LogP contribution in [-0.2, 0) is 6.42 Å². The predicted octanol–water partition coefficient (Wildman–Crippen LogP) is 3.50. The number of fused-ring (bicyclic) bond motifs is 4. The zero-order chi connectivity index (χ0) is 22.5. The zero-order valence-corrected chi connectivity index (χ0v) is 17.9. The van der Waals surface area contributed by atoms with Gasteiger partial charge in [0.1, 0.15) is 17.1 Å². The third-order valence-corrected chi connectivity index (χ3v) is 5.54. The fourth-order valence-corrected chi connectivity index (χ4v) is 3.95. The van der Waals surface area contributed by atoms with Crippen molar-refractivity contribution < 1.29 is 4.39 Å². The molecule has 0 fully saturated rings. The second kappa shape index (κ2) is 7.24. The Kier molecular flexibility index (Phi) is 4.49. The monoisotopic (exact) mass is 426 g/mol. The van der Waals surface area contributed by atoms with Crippen molar-refractivity contribution in [2.45, 2.75) is 33.6 Å². The first-order chi connectivity index (χ1) is 15.4. The number of aryl methyl sites for hydroxylation is 1. The number of pyridine rings is 2. The van der Waals surface area contributed by atoms with Gasteiger partial charge in [0.2, 0.25) is 0 Å². The molecular weight excluding hydrogens is 407 g/mol. The molecule has 5 rings (SSSR count). The zero-order valence-electron chi connectivity index (χ0n) is 17.9. The van der Waals surface area contributed by atoms with E-state index in [0.717, 1.165) is 29.7 Å². The van der Waals surface area contributed by atoms with Gasteiger partial charge in [-0.05, 0) is 39.2 Å². The summed E-state index contributed by atoms with van der Waals surface area (Å²) >= 11 is 0. The first-order valence-electron chi connectivity index (χ1n) is 10.2. The highest BCUT2D eigenvalue weighted by Gasteiger charge is 2.26. The average molecular weight is 426 g/mol. The smallest absolute Gasteiger partial charge is 0.257 e. The van der Waals surface area contributed by atoms with Gasteiger partial charge in [-0.1, -0.05) is 11.8 Å². The first kappa shape index (κ1) is 19.8. The number of hydrogen-bond acceptors (Lipinski definition) is 7. The number of rotatable bonds is 1. The lowest BCUT2D eigenvalue weighted by atomic mass is 9.94. The third-order valence-electron chi connectivity index (χ3n) is 5.54. The van der Waals surface area contributed by atoms with E-state index in [1.807, 2.05) is 4.90 Å². The summed E-state index contributed by atoms with van der Waals surface area (Å²) in [5.41, 5.74) is 2.39. The molecule has 0 atom stereocenters. The second-order valence-corrected chi connectivity index (χ2v) is 8.26. The summed E-state index contributed by atoms with van der Waals surface area (Å²) in [4.78, 5) is 15.0. The molecule has 0 N–H and O–H groups in total. The first-order valence-corrected chi connectivity index (χ1v) is 10.2. The maximum Gasteiger partial charge on any atom is 0.257 e. The van der Waals surface area contributed by atoms with Gasteiger partial charge in [0, 0.05) is 18.3 Å². The number of halogens is 1. The molecule has 0 saturated carbocycles. The van der Waals surface area contributed by atoms with Crippen LogP contribution in [0.25, 0.3) is 16.7 Å². The molecule has 4 aromatic rings. The second-order valence-electron chi connectivity index (χ2n) is 8.26. The van der Waals surface area contributed by atoms with E-state index in [1.54, 1.807) is 43.8 Å². The minimum atomic E-state index is -0.762. The van der Waals surface area contributed by atoms with E-state index in [-0.39, 0.29) is 0 Å². The lowest BCUT2D eigenvalue weighted by molar-refractivity contribution is 0.632. The van der Waals surface area contributed by atoms with E-state index < -0.39 is 11.2 Å². The third kappa shape index (κ3) is 3.10. The molecule has 4 aromatic heterocycles. The van der Waals surface area contributed by atoms with Gasteiger partial charge in [-0.2, -0.15) is 10.2 Å². The van der Waals surface area contributed by atoms with Gasteiger partial charge in [0.15, 0.2) is 5.82 Å². The molecule has 1 aliphatic heterocycles. The Morgan fingerprint density at radius 2 is 1.94 bits per heavy atom. The molecule has 0 aliphatic carbocycles. The van der Waals surface area contributed by atoms with Crippen molar-refractivity contribution in [2.24, 2.45) is 5.41 Å². The fourth-order valence-electron chi connectivity index (χ4n) is 3.95. The quantitative estimate of drug-likeness (QED) is 0.430. The Hall–Kier alpha value is -4.11. The molecule has 0 amide bonds. The summed E-state index contributed by atoms with van der Waals surface area (Å²) in [5.74, 6) is 7.11. The molecule has 0 saturated heterocycles. The number of hydrogen-bond donors (Lipinski definition) is 0. The SMILES string of the molecule is Cc1nnc2nc(N3CCCc4c(C#CC(C)(C)C#N)cncc43)c3c(F)cncc3n12. The summed E-state index contributed by atoms with van der Waals surface area (Å²) in [7, 11) is 0. The van der Waals surface area contributed by atoms with Crippen LogP contribution in [-0.4, -0.2) is 36.1 Å². The molecule has 0 aromatic carbocycles. The molecular formula is C23H19FN8. The summed E-state index contributed by atoms with van der Waals surface area (Å²) in [6.45, 7) is 5.98. The normalized spacial score (nSPS) is 13.5. The minimum absolute atomic E-state index is 0.352. The molecule has 0 radical (unpaired) electrons. The van der Waals surface area contributed by atoms with Crippen molar-refractivity contribution in [1.82, 2.24) is 29.5 Å². The van der Waals surface area contributed by atoms with E-state index in [4.69, 9.17) is 0 Å². The van der Waals surface area contributed by atoms with Gasteiger partial charge in [-0.3, -0.25) is 14.4 Å². The van der Waals surface area contributed by atoms with Crippen LogP contribution >= 0.6 is 0 Å². The predicted molar refractivity (Wildman–Crippen MR) is 117 cm³/mol. The van der Waals surface area contributed by atoms with E-state index in [1.165, 1.54) is 6.20 Å². The lowest BCUT2D eigenvalue weighted by Gasteiger charge is -2.31. The van der Waals surface area contributed by atoms with Crippen LogP contribution in [0.1, 0.15) is 37.2 Å². The van der Waals surface area contributed by atoms with Crippen molar-refractivity contribution in [3.63, 3.8) is 0 Å². The Bertz CT molecular complexity index is 1490. The van der Waals surface area contributed by atoms with Crippen LogP contribution in [0.2, 0.25) is 0 Å². The van der Waals surface area contributed by atoms with E-state index in [2.05, 4.69) is 43.1 Å². The molecule has 158 valence electrons. The molecule has 0 bridgehead atoms. The summed E-state index contributed by atoms with van der Waals surface area (Å²) in [5, 5.41) is 17.9. The van der Waals surface area contributed by atoms with Crippen molar-refractivity contribution in [1.29, 1.82) is 5.26 Å². The summed E-state index contributed by atoms with van der Waals surface area (Å²) in [6.07, 6.45) is 7.89. The highest BCUT2D eigenvalue weighted by atomic mass is 19.1. The van der Waals surface area contributed by atoms with Crippen molar-refractivity contribution in [2.75, 3.05) is 11.4 Å². The average Bonchev–Trinajstić information content (AvgIpc) is 3.18. The van der Waals surface area contributed by atoms with Crippen LogP contribution < -0.4 is 4.90 Å². The maximum absolute atomic E-state index is 15.1. The number of nitriles is 1. The topological polar surface area (TPSA) is 95.9 Å². The lowest BCUT2D eigenvalue weighted by Crippen LogP contribution is -2.27. The van der Waals surface area contributed by atoms with E-state index >= 15 is 4.39 Å². The Morgan fingerprint density at radius 3 is 2.75 bits per heavy atom. The minimum Gasteiger partial charge on any atom is -0.324 e. The van der Waals surface area contributed by atoms with Crippen molar-refractivity contribution >= 4 is 28.2 Å². The highest BCUT2D eigenvalue weighted by molar-refractivity contribution is 5.94. The number of anilines is 2. The van der Waals surface area contributed by atoms with Crippen LogP contribution in [0.3, 0.4) is 0 Å². The van der Waals surface area contributed by atoms with Crippen LogP contribution in [0, 0.1) is 41.3 Å². The maximum atomic E-state index is 15.1. The van der Waals surface area contributed by atoms with Gasteiger partial charge >= 0.3 is 0 Å². The van der Waals surface area contributed by atoms with E-state index in [0.29, 0.717) is 34.9 Å². The van der Waals surface area contributed by atoms with Gasteiger partial charge in [0.05, 0.1) is 41.3 Å². The number of nitrogens with zero attached hydrogens (tertiary/aromatic N) is 8. The van der Waals surface area contributed by atoms with Crippen molar-refractivity contribution in [3.8, 4) is 17.9 Å². The van der Waals surface area contributed by atoms with Crippen molar-refractivity contribution in [3.05, 3.63) is 47.6 Å². The van der Waals surface area contributed by atoms with Crippen LogP contribution in [0.4, 0.5) is 15.9 Å². The summed E-state index contributed by atoms with van der Waals surface area (Å²) in [6, 6.07) is 2.19. The van der Waals surface area contributed by atoms with Gasteiger partial charge < -0.3 is 4.90 Å². The molecule has 5 heterocycles. The van der Waals surface area contributed by atoms with Gasteiger partial charge in [-0.15, -0.1) is 10.2 Å². The molecule has 0 unspecified atom stereocenters. The van der Waals surface area contributed by atoms with Crippen LogP contribution in [0.5, 0.6) is 0 Å². The fraction of sp³-hybridized carbons (Fsp3) is 0.304. The van der Waals surface area contributed by atoms with Gasteiger partial charge in [-0.25, -0.2) is 4.39 Å². The molecule has 9 heteroatoms. The molecule has 1 aliphatic rings. The Labute approximate surface area is 183 Å². The molecule has 0 spiro atoms. The Balaban J connectivity index is 1.74. The summed E-state index contributed by atoms with van der Waals surface area (Å²) < 4.78 is 16.8. The largest absolute Gasteiger partial charge is 0.324 e. The van der Waals surface area contributed by atoms with E-state index in [9.17, 15) is 5.26 Å². The van der Waals surface area contributed by atoms with Crippen LogP contribution in [0.15, 0.2) is 24.8 Å². The Morgan fingerprint density at radius 1 is 1.12 bits per heavy atom. The standard InChI is InChI=1S/C23H19FN8/c1-14-29-30-22-28-21(20-17(24)10-27-12-19(20)32(14)22)31-8-4-5-16-15(9-26-11-18(16)31)6-7-23(2,3)13-25/h9-12H,4-5,8H2,1-3H3. The molecule has 32 heavy (non-hydrogen) atoms. The van der Waals surface area contributed by atoms with Gasteiger partial charge in [0.25, 0.3) is 5.78 Å².